The fraction of sp³-hybridized carbons (Fsp3) is 0.0588. The first-order valence-corrected chi connectivity index (χ1v) is 8.63. The number of hydrogen-bond acceptors (Lipinski definition) is 3. The summed E-state index contributed by atoms with van der Waals surface area (Å²) in [5, 5.41) is 6.76. The van der Waals surface area contributed by atoms with E-state index in [1.165, 1.54) is 12.1 Å². The summed E-state index contributed by atoms with van der Waals surface area (Å²) in [7, 11) is 0. The highest BCUT2D eigenvalue weighted by Gasteiger charge is 2.17. The van der Waals surface area contributed by atoms with Crippen LogP contribution in [0.2, 0.25) is 10.0 Å². The zero-order valence-corrected chi connectivity index (χ0v) is 15.6. The summed E-state index contributed by atoms with van der Waals surface area (Å²) >= 11 is 15.4. The highest BCUT2D eigenvalue weighted by molar-refractivity contribution is 9.10. The molecule has 3 rings (SSSR count). The van der Waals surface area contributed by atoms with Crippen molar-refractivity contribution in [1.29, 1.82) is 0 Å². The van der Waals surface area contributed by atoms with E-state index in [9.17, 15) is 9.18 Å². The molecular formula is C17H10BrCl2FN2O2. The lowest BCUT2D eigenvalue weighted by Crippen LogP contribution is -2.08. The fourth-order valence-electron chi connectivity index (χ4n) is 2.14. The summed E-state index contributed by atoms with van der Waals surface area (Å²) in [5.41, 5.74) is 0.517. The molecule has 0 aliphatic heterocycles. The third kappa shape index (κ3) is 4.21. The molecule has 0 fully saturated rings. The molecule has 1 N–H and O–H groups in total. The van der Waals surface area contributed by atoms with E-state index in [4.69, 9.17) is 27.9 Å². The molecule has 25 heavy (non-hydrogen) atoms. The first kappa shape index (κ1) is 17.9. The summed E-state index contributed by atoms with van der Waals surface area (Å²) < 4.78 is 21.1. The standard InChI is InChI=1S/C17H10BrCl2FN2O2/c18-12-4-2-10(19)8-14(12)25-17-13(20)5-1-9(16(17)21)7-11-3-6-15(24)23-22-11/h1-6,8H,7H2,(H,23,24). The Morgan fingerprint density at radius 3 is 2.68 bits per heavy atom. The van der Waals surface area contributed by atoms with Crippen molar-refractivity contribution >= 4 is 39.1 Å². The zero-order valence-electron chi connectivity index (χ0n) is 12.5. The number of H-pyrrole nitrogens is 1. The zero-order chi connectivity index (χ0) is 18.0. The number of aromatic amines is 1. The van der Waals surface area contributed by atoms with Crippen molar-refractivity contribution < 1.29 is 9.13 Å². The number of ether oxygens (including phenoxy) is 1. The van der Waals surface area contributed by atoms with Gasteiger partial charge in [-0.1, -0.05) is 29.3 Å². The van der Waals surface area contributed by atoms with Crippen LogP contribution in [0.25, 0.3) is 0 Å². The van der Waals surface area contributed by atoms with Crippen molar-refractivity contribution in [3.8, 4) is 11.5 Å². The van der Waals surface area contributed by atoms with E-state index in [2.05, 4.69) is 26.1 Å². The topological polar surface area (TPSA) is 55.0 Å². The summed E-state index contributed by atoms with van der Waals surface area (Å²) in [4.78, 5) is 11.1. The Balaban J connectivity index is 1.95. The Hall–Kier alpha value is -1.89. The summed E-state index contributed by atoms with van der Waals surface area (Å²) in [5.74, 6) is -0.369. The van der Waals surface area contributed by atoms with E-state index in [1.807, 2.05) is 0 Å². The number of hydrogen-bond donors (Lipinski definition) is 1. The van der Waals surface area contributed by atoms with E-state index in [1.54, 1.807) is 30.3 Å². The Morgan fingerprint density at radius 2 is 1.96 bits per heavy atom. The number of aromatic nitrogens is 2. The van der Waals surface area contributed by atoms with Crippen molar-refractivity contribution in [2.45, 2.75) is 6.42 Å². The minimum atomic E-state index is -0.604. The number of halogens is 4. The average molecular weight is 444 g/mol. The van der Waals surface area contributed by atoms with Gasteiger partial charge in [0.2, 0.25) is 0 Å². The van der Waals surface area contributed by atoms with Crippen LogP contribution in [0.3, 0.4) is 0 Å². The van der Waals surface area contributed by atoms with E-state index >= 15 is 0 Å². The SMILES string of the molecule is O=c1ccc(Cc2ccc(Cl)c(Oc3cc(Cl)ccc3Br)c2F)n[nH]1. The Morgan fingerprint density at radius 1 is 1.16 bits per heavy atom. The molecule has 8 heteroatoms. The van der Waals surface area contributed by atoms with Gasteiger partial charge >= 0.3 is 0 Å². The maximum Gasteiger partial charge on any atom is 0.264 e. The molecule has 0 bridgehead atoms. The predicted octanol–water partition coefficient (Wildman–Crippen LogP) is 5.36. The molecule has 0 radical (unpaired) electrons. The average Bonchev–Trinajstić information content (AvgIpc) is 2.59. The molecule has 1 heterocycles. The van der Waals surface area contributed by atoms with Gasteiger partial charge in [-0.3, -0.25) is 4.79 Å². The lowest BCUT2D eigenvalue weighted by molar-refractivity contribution is 0.437. The summed E-state index contributed by atoms with van der Waals surface area (Å²) in [6.45, 7) is 0. The van der Waals surface area contributed by atoms with Gasteiger partial charge in [0.05, 0.1) is 15.2 Å². The molecule has 0 aliphatic carbocycles. The van der Waals surface area contributed by atoms with Crippen molar-refractivity contribution in [2.75, 3.05) is 0 Å². The maximum absolute atomic E-state index is 14.9. The number of benzene rings is 2. The normalized spacial score (nSPS) is 10.7. The van der Waals surface area contributed by atoms with Crippen molar-refractivity contribution in [3.05, 3.63) is 84.4 Å². The second-order valence-corrected chi connectivity index (χ2v) is 6.81. The molecule has 0 unspecified atom stereocenters. The highest BCUT2D eigenvalue weighted by atomic mass is 79.9. The smallest absolute Gasteiger partial charge is 0.264 e. The van der Waals surface area contributed by atoms with Gasteiger partial charge in [0, 0.05) is 23.6 Å². The quantitative estimate of drug-likeness (QED) is 0.590. The monoisotopic (exact) mass is 442 g/mol. The first-order valence-electron chi connectivity index (χ1n) is 7.08. The number of nitrogens with zero attached hydrogens (tertiary/aromatic N) is 1. The molecule has 2 aromatic carbocycles. The van der Waals surface area contributed by atoms with Gasteiger partial charge in [-0.2, -0.15) is 5.10 Å². The third-order valence-electron chi connectivity index (χ3n) is 3.34. The van der Waals surface area contributed by atoms with Gasteiger partial charge in [0.25, 0.3) is 5.56 Å². The Kier molecular flexibility index (Phi) is 5.42. The summed E-state index contributed by atoms with van der Waals surface area (Å²) in [6.07, 6.45) is 0.173. The summed E-state index contributed by atoms with van der Waals surface area (Å²) in [6, 6.07) is 10.9. The van der Waals surface area contributed by atoms with Crippen LogP contribution in [-0.2, 0) is 6.42 Å². The van der Waals surface area contributed by atoms with Crippen molar-refractivity contribution in [2.24, 2.45) is 0 Å². The molecule has 0 aliphatic rings. The lowest BCUT2D eigenvalue weighted by atomic mass is 10.1. The van der Waals surface area contributed by atoms with Crippen LogP contribution in [0.5, 0.6) is 11.5 Å². The predicted molar refractivity (Wildman–Crippen MR) is 98.3 cm³/mol. The van der Waals surface area contributed by atoms with Crippen LogP contribution in [-0.4, -0.2) is 10.2 Å². The van der Waals surface area contributed by atoms with Crippen LogP contribution in [0.4, 0.5) is 4.39 Å². The molecule has 0 atom stereocenters. The third-order valence-corrected chi connectivity index (χ3v) is 4.53. The lowest BCUT2D eigenvalue weighted by Gasteiger charge is -2.13. The van der Waals surface area contributed by atoms with Crippen LogP contribution in [0, 0.1) is 5.82 Å². The largest absolute Gasteiger partial charge is 0.451 e. The first-order chi connectivity index (χ1) is 11.9. The Labute approximate surface area is 160 Å². The molecular weight excluding hydrogens is 434 g/mol. The molecule has 0 amide bonds. The second-order valence-electron chi connectivity index (χ2n) is 5.12. The molecule has 0 saturated heterocycles. The molecule has 3 aromatic rings. The minimum absolute atomic E-state index is 0.105. The van der Waals surface area contributed by atoms with Crippen molar-refractivity contribution in [1.82, 2.24) is 10.2 Å². The van der Waals surface area contributed by atoms with Crippen LogP contribution in [0.15, 0.2) is 51.7 Å². The van der Waals surface area contributed by atoms with Gasteiger partial charge in [0.15, 0.2) is 11.6 Å². The van der Waals surface area contributed by atoms with Crippen LogP contribution < -0.4 is 10.3 Å². The van der Waals surface area contributed by atoms with E-state index in [-0.39, 0.29) is 22.8 Å². The molecule has 128 valence electrons. The number of rotatable bonds is 4. The van der Waals surface area contributed by atoms with Gasteiger partial charge in [0.1, 0.15) is 5.75 Å². The van der Waals surface area contributed by atoms with E-state index in [0.717, 1.165) is 0 Å². The fourth-order valence-corrected chi connectivity index (χ4v) is 2.81. The molecule has 0 spiro atoms. The minimum Gasteiger partial charge on any atom is -0.451 e. The van der Waals surface area contributed by atoms with Crippen molar-refractivity contribution in [3.63, 3.8) is 0 Å². The van der Waals surface area contributed by atoms with Crippen LogP contribution >= 0.6 is 39.1 Å². The molecule has 0 saturated carbocycles. The van der Waals surface area contributed by atoms with Gasteiger partial charge in [-0.25, -0.2) is 9.49 Å². The van der Waals surface area contributed by atoms with Gasteiger partial charge in [-0.15, -0.1) is 0 Å². The van der Waals surface area contributed by atoms with Gasteiger partial charge < -0.3 is 4.74 Å². The van der Waals surface area contributed by atoms with E-state index in [0.29, 0.717) is 26.5 Å². The second kappa shape index (κ2) is 7.56. The van der Waals surface area contributed by atoms with Crippen LogP contribution in [0.1, 0.15) is 11.3 Å². The highest BCUT2D eigenvalue weighted by Crippen LogP contribution is 2.38. The molecule has 1 aromatic heterocycles. The Bertz CT molecular complexity index is 974. The maximum atomic E-state index is 14.9. The van der Waals surface area contributed by atoms with Gasteiger partial charge in [-0.05, 0) is 45.8 Å². The number of nitrogens with one attached hydrogen (secondary N) is 1. The molecule has 4 nitrogen and oxygen atoms in total. The van der Waals surface area contributed by atoms with E-state index < -0.39 is 5.82 Å².